The van der Waals surface area contributed by atoms with Crippen molar-refractivity contribution in [3.63, 3.8) is 0 Å². The standard InChI is InChI=1S/C25H30F4N2O3S2/c1-24(2,23(32)33)15-34-21-13-22-20(12-19(21)25(27,28)29)31(17-9-7-16(26)8-10-17)14-18(30(3)36-22)6-5-11-35-4/h7-10,12-13,18H,5-6,11,14-15H2,1-4H3,(H,32,33). The number of likely N-dealkylation sites (N-methyl/N-ethyl adjacent to an activating group) is 1. The maximum atomic E-state index is 14.2. The van der Waals surface area contributed by atoms with E-state index in [1.54, 1.807) is 28.8 Å². The molecule has 5 nitrogen and oxygen atoms in total. The van der Waals surface area contributed by atoms with Gasteiger partial charge in [-0.3, -0.25) is 4.79 Å². The molecule has 0 aromatic heterocycles. The van der Waals surface area contributed by atoms with Crippen molar-refractivity contribution in [3.8, 4) is 5.75 Å². The summed E-state index contributed by atoms with van der Waals surface area (Å²) in [5, 5.41) is 9.36. The molecule has 1 atom stereocenters. The molecule has 0 fully saturated rings. The fourth-order valence-electron chi connectivity index (χ4n) is 3.75. The number of benzene rings is 2. The topological polar surface area (TPSA) is 53.0 Å². The number of rotatable bonds is 9. The maximum Gasteiger partial charge on any atom is 0.420 e. The Morgan fingerprint density at radius 2 is 1.89 bits per heavy atom. The lowest BCUT2D eigenvalue weighted by Crippen LogP contribution is -2.35. The van der Waals surface area contributed by atoms with Crippen LogP contribution in [0.5, 0.6) is 5.75 Å². The van der Waals surface area contributed by atoms with Crippen molar-refractivity contribution in [2.24, 2.45) is 5.41 Å². The first-order valence-corrected chi connectivity index (χ1v) is 13.5. The van der Waals surface area contributed by atoms with Crippen LogP contribution in [0, 0.1) is 11.2 Å². The van der Waals surface area contributed by atoms with Gasteiger partial charge in [-0.1, -0.05) is 0 Å². The number of ether oxygens (including phenoxy) is 1. The Hall–Kier alpha value is -2.11. The first-order chi connectivity index (χ1) is 16.8. The van der Waals surface area contributed by atoms with Gasteiger partial charge in [0.05, 0.1) is 21.6 Å². The highest BCUT2D eigenvalue weighted by Gasteiger charge is 2.39. The average Bonchev–Trinajstić information content (AvgIpc) is 2.93. The molecule has 3 rings (SSSR count). The van der Waals surface area contributed by atoms with E-state index >= 15 is 0 Å². The number of aliphatic carboxylic acids is 1. The second kappa shape index (κ2) is 11.5. The van der Waals surface area contributed by atoms with E-state index in [9.17, 15) is 27.5 Å². The van der Waals surface area contributed by atoms with Crippen LogP contribution in [0.1, 0.15) is 32.3 Å². The van der Waals surface area contributed by atoms with Crippen LogP contribution in [0.15, 0.2) is 41.3 Å². The van der Waals surface area contributed by atoms with Gasteiger partial charge in [-0.05, 0) is 94.1 Å². The zero-order valence-corrected chi connectivity index (χ0v) is 22.2. The summed E-state index contributed by atoms with van der Waals surface area (Å²) in [7, 11) is 1.90. The molecule has 1 aliphatic heterocycles. The van der Waals surface area contributed by atoms with Crippen LogP contribution in [0.3, 0.4) is 0 Å². The molecule has 1 heterocycles. The van der Waals surface area contributed by atoms with E-state index in [1.807, 2.05) is 17.6 Å². The van der Waals surface area contributed by atoms with Gasteiger partial charge in [-0.25, -0.2) is 8.70 Å². The van der Waals surface area contributed by atoms with Crippen LogP contribution >= 0.6 is 23.7 Å². The van der Waals surface area contributed by atoms with Crippen LogP contribution < -0.4 is 9.64 Å². The number of fused-ring (bicyclic) bond motifs is 1. The Morgan fingerprint density at radius 3 is 2.47 bits per heavy atom. The number of carbonyl (C=O) groups is 1. The number of alkyl halides is 3. The zero-order valence-electron chi connectivity index (χ0n) is 20.6. The smallest absolute Gasteiger partial charge is 0.420 e. The number of carboxylic acid groups (broad SMARTS) is 1. The first-order valence-electron chi connectivity index (χ1n) is 11.4. The number of anilines is 2. The quantitative estimate of drug-likeness (QED) is 0.208. The third-order valence-corrected chi connectivity index (χ3v) is 7.81. The van der Waals surface area contributed by atoms with Gasteiger partial charge in [0.2, 0.25) is 0 Å². The van der Waals surface area contributed by atoms with Crippen molar-refractivity contribution in [3.05, 3.63) is 47.8 Å². The van der Waals surface area contributed by atoms with Crippen LogP contribution in [-0.2, 0) is 11.0 Å². The highest BCUT2D eigenvalue weighted by atomic mass is 32.2. The normalized spacial score (nSPS) is 17.0. The fourth-order valence-corrected chi connectivity index (χ4v) is 5.26. The molecule has 198 valence electrons. The Bertz CT molecular complexity index is 1060. The Balaban J connectivity index is 2.10. The van der Waals surface area contributed by atoms with Crippen LogP contribution in [0.2, 0.25) is 0 Å². The van der Waals surface area contributed by atoms with Crippen molar-refractivity contribution in [2.45, 2.75) is 43.8 Å². The SMILES string of the molecule is CSCCCC1CN(c2ccc(F)cc2)c2cc(C(F)(F)F)c(OCC(C)(C)C(=O)O)cc2SN1C. The van der Waals surface area contributed by atoms with Gasteiger partial charge in [0.25, 0.3) is 0 Å². The Kier molecular flexibility index (Phi) is 9.11. The van der Waals surface area contributed by atoms with E-state index in [1.165, 1.54) is 44.0 Å². The van der Waals surface area contributed by atoms with Gasteiger partial charge >= 0.3 is 12.1 Å². The molecule has 0 aliphatic carbocycles. The lowest BCUT2D eigenvalue weighted by Gasteiger charge is -2.30. The fraction of sp³-hybridized carbons (Fsp3) is 0.480. The van der Waals surface area contributed by atoms with E-state index in [4.69, 9.17) is 4.74 Å². The lowest BCUT2D eigenvalue weighted by molar-refractivity contribution is -0.148. The van der Waals surface area contributed by atoms with Gasteiger partial charge in [0.15, 0.2) is 0 Å². The van der Waals surface area contributed by atoms with Crippen LogP contribution in [0.25, 0.3) is 0 Å². The van der Waals surface area contributed by atoms with Crippen LogP contribution in [0.4, 0.5) is 28.9 Å². The van der Waals surface area contributed by atoms with Gasteiger partial charge in [0.1, 0.15) is 18.2 Å². The number of hydrogen-bond donors (Lipinski definition) is 1. The van der Waals surface area contributed by atoms with E-state index in [0.717, 1.165) is 24.7 Å². The second-order valence-corrected chi connectivity index (χ2v) is 11.5. The maximum absolute atomic E-state index is 14.2. The number of thioether (sulfide) groups is 1. The monoisotopic (exact) mass is 546 g/mol. The molecule has 0 radical (unpaired) electrons. The minimum atomic E-state index is -4.73. The molecule has 11 heteroatoms. The molecule has 0 saturated heterocycles. The highest BCUT2D eigenvalue weighted by Crippen LogP contribution is 2.47. The average molecular weight is 547 g/mol. The molecular formula is C25H30F4N2O3S2. The van der Waals surface area contributed by atoms with Gasteiger partial charge < -0.3 is 14.7 Å². The third kappa shape index (κ3) is 6.80. The van der Waals surface area contributed by atoms with Crippen molar-refractivity contribution in [1.82, 2.24) is 4.31 Å². The second-order valence-electron chi connectivity index (χ2n) is 9.30. The van der Waals surface area contributed by atoms with Crippen molar-refractivity contribution >= 4 is 41.1 Å². The highest BCUT2D eigenvalue weighted by molar-refractivity contribution is 7.98. The van der Waals surface area contributed by atoms with Crippen molar-refractivity contribution in [2.75, 3.05) is 37.1 Å². The minimum Gasteiger partial charge on any atom is -0.492 e. The summed E-state index contributed by atoms with van der Waals surface area (Å²) < 4.78 is 63.6. The molecule has 1 N–H and O–H groups in total. The lowest BCUT2D eigenvalue weighted by atomic mass is 9.95. The number of carboxylic acids is 1. The molecule has 1 aliphatic rings. The molecule has 0 saturated carbocycles. The zero-order chi connectivity index (χ0) is 26.7. The van der Waals surface area contributed by atoms with Crippen molar-refractivity contribution < 1.29 is 32.2 Å². The summed E-state index contributed by atoms with van der Waals surface area (Å²) in [6.45, 7) is 2.78. The predicted octanol–water partition coefficient (Wildman–Crippen LogP) is 6.94. The summed E-state index contributed by atoms with van der Waals surface area (Å²) >= 11 is 3.06. The number of halogens is 4. The molecule has 0 bridgehead atoms. The van der Waals surface area contributed by atoms with Gasteiger partial charge in [0, 0.05) is 18.3 Å². The van der Waals surface area contributed by atoms with E-state index in [-0.39, 0.29) is 6.04 Å². The Morgan fingerprint density at radius 1 is 1.22 bits per heavy atom. The predicted molar refractivity (Wildman–Crippen MR) is 137 cm³/mol. The van der Waals surface area contributed by atoms with Gasteiger partial charge in [-0.15, -0.1) is 0 Å². The summed E-state index contributed by atoms with van der Waals surface area (Å²) in [5.41, 5.74) is -1.44. The molecule has 2 aromatic carbocycles. The van der Waals surface area contributed by atoms with E-state index < -0.39 is 41.3 Å². The molecule has 0 spiro atoms. The molecule has 36 heavy (non-hydrogen) atoms. The minimum absolute atomic E-state index is 0.0178. The molecule has 1 unspecified atom stereocenters. The van der Waals surface area contributed by atoms with Crippen LogP contribution in [-0.4, -0.2) is 53.6 Å². The summed E-state index contributed by atoms with van der Waals surface area (Å²) in [6, 6.07) is 8.09. The first kappa shape index (κ1) is 28.5. The summed E-state index contributed by atoms with van der Waals surface area (Å²) in [4.78, 5) is 13.8. The van der Waals surface area contributed by atoms with E-state index in [0.29, 0.717) is 22.8 Å². The van der Waals surface area contributed by atoms with Gasteiger partial charge in [-0.2, -0.15) is 24.9 Å². The third-order valence-electron chi connectivity index (χ3n) is 6.00. The Labute approximate surface area is 217 Å². The molecule has 0 amide bonds. The van der Waals surface area contributed by atoms with Crippen molar-refractivity contribution in [1.29, 1.82) is 0 Å². The number of hydrogen-bond acceptors (Lipinski definition) is 6. The molecular weight excluding hydrogens is 516 g/mol. The largest absolute Gasteiger partial charge is 0.492 e. The molecule has 2 aromatic rings. The summed E-state index contributed by atoms with van der Waals surface area (Å²) in [5.74, 6) is -1.06. The summed E-state index contributed by atoms with van der Waals surface area (Å²) in [6.07, 6.45) is -0.931. The van der Waals surface area contributed by atoms with E-state index in [2.05, 4.69) is 0 Å². The number of nitrogens with zero attached hydrogens (tertiary/aromatic N) is 2.